The number of aliphatic hydroxyl groups excluding tert-OH is 1. The Balaban J connectivity index is 1.97. The molecule has 31 heavy (non-hydrogen) atoms. The van der Waals surface area contributed by atoms with Crippen LogP contribution in [0.25, 0.3) is 11.3 Å². The van der Waals surface area contributed by atoms with Gasteiger partial charge in [-0.3, -0.25) is 0 Å². The van der Waals surface area contributed by atoms with Gasteiger partial charge in [0.25, 0.3) is 0 Å². The number of ether oxygens (including phenoxy) is 1. The summed E-state index contributed by atoms with van der Waals surface area (Å²) in [5.74, 6) is -2.46. The number of hydrogen-bond donors (Lipinski definition) is 3. The van der Waals surface area contributed by atoms with Crippen LogP contribution < -0.4 is 15.4 Å². The van der Waals surface area contributed by atoms with Crippen LogP contribution in [-0.2, 0) is 0 Å². The molecule has 0 aliphatic heterocycles. The van der Waals surface area contributed by atoms with Crippen molar-refractivity contribution in [2.45, 2.75) is 12.8 Å². The molecule has 11 heteroatoms. The van der Waals surface area contributed by atoms with Crippen molar-refractivity contribution in [1.82, 2.24) is 9.97 Å². The van der Waals surface area contributed by atoms with E-state index in [-0.39, 0.29) is 35.3 Å². The van der Waals surface area contributed by atoms with Crippen molar-refractivity contribution in [2.75, 3.05) is 23.8 Å². The van der Waals surface area contributed by atoms with Gasteiger partial charge in [-0.25, -0.2) is 13.8 Å². The summed E-state index contributed by atoms with van der Waals surface area (Å²) in [5.41, 5.74) is 0.297. The van der Waals surface area contributed by atoms with E-state index in [1.165, 1.54) is 30.3 Å². The maximum atomic E-state index is 14.0. The SMILES string of the molecule is OCCCNc1nc(Nc2cccc(F)c2F)cc(-c2cccc(OC(F)(F)F)c2)n1. The Bertz CT molecular complexity index is 1050. The van der Waals surface area contributed by atoms with Gasteiger partial charge >= 0.3 is 6.36 Å². The molecule has 0 atom stereocenters. The van der Waals surface area contributed by atoms with Crippen LogP contribution in [0.2, 0.25) is 0 Å². The molecule has 6 nitrogen and oxygen atoms in total. The first-order valence-corrected chi connectivity index (χ1v) is 9.06. The second kappa shape index (κ2) is 9.56. The molecule has 0 spiro atoms. The van der Waals surface area contributed by atoms with E-state index in [1.807, 2.05) is 0 Å². The highest BCUT2D eigenvalue weighted by Crippen LogP contribution is 2.30. The number of anilines is 3. The Morgan fingerprint density at radius 1 is 1.00 bits per heavy atom. The van der Waals surface area contributed by atoms with Gasteiger partial charge in [0.1, 0.15) is 11.6 Å². The molecule has 0 saturated carbocycles. The van der Waals surface area contributed by atoms with Gasteiger partial charge in [0.05, 0.1) is 11.4 Å². The summed E-state index contributed by atoms with van der Waals surface area (Å²) in [6.45, 7) is 0.230. The number of alkyl halides is 3. The second-order valence-corrected chi connectivity index (χ2v) is 6.27. The Labute approximate surface area is 173 Å². The molecule has 0 bridgehead atoms. The van der Waals surface area contributed by atoms with Crippen LogP contribution in [0.1, 0.15) is 6.42 Å². The molecule has 0 amide bonds. The minimum absolute atomic E-state index is 0.0724. The molecule has 164 valence electrons. The molecule has 0 unspecified atom stereocenters. The first-order valence-electron chi connectivity index (χ1n) is 9.06. The van der Waals surface area contributed by atoms with Gasteiger partial charge in [-0.1, -0.05) is 18.2 Å². The van der Waals surface area contributed by atoms with E-state index < -0.39 is 23.7 Å². The van der Waals surface area contributed by atoms with E-state index in [0.717, 1.165) is 18.2 Å². The molecule has 1 aromatic heterocycles. The largest absolute Gasteiger partial charge is 0.573 e. The van der Waals surface area contributed by atoms with Crippen LogP contribution >= 0.6 is 0 Å². The highest BCUT2D eigenvalue weighted by atomic mass is 19.4. The topological polar surface area (TPSA) is 79.3 Å². The summed E-state index contributed by atoms with van der Waals surface area (Å²) < 4.78 is 69.1. The molecular weight excluding hydrogens is 423 g/mol. The number of nitrogens with zero attached hydrogens (tertiary/aromatic N) is 2. The quantitative estimate of drug-likeness (QED) is 0.343. The molecular formula is C20H17F5N4O2. The van der Waals surface area contributed by atoms with Gasteiger partial charge in [0, 0.05) is 24.8 Å². The number of rotatable bonds is 8. The maximum absolute atomic E-state index is 14.0. The minimum atomic E-state index is -4.86. The average Bonchev–Trinajstić information content (AvgIpc) is 2.70. The van der Waals surface area contributed by atoms with Gasteiger partial charge in [-0.15, -0.1) is 13.2 Å². The summed E-state index contributed by atoms with van der Waals surface area (Å²) in [5, 5.41) is 14.4. The van der Waals surface area contributed by atoms with Crippen molar-refractivity contribution in [3.8, 4) is 17.0 Å². The third kappa shape index (κ3) is 6.25. The van der Waals surface area contributed by atoms with Gasteiger partial charge in [0.15, 0.2) is 11.6 Å². The van der Waals surface area contributed by atoms with Gasteiger partial charge in [0.2, 0.25) is 5.95 Å². The standard InChI is InChI=1S/C20H17F5N4O2/c21-14-6-2-7-15(18(14)22)27-17-11-16(28-19(29-17)26-8-3-9-30)12-4-1-5-13(10-12)31-20(23,24)25/h1-2,4-7,10-11,30H,3,8-9H2,(H2,26,27,28,29). The maximum Gasteiger partial charge on any atom is 0.573 e. The summed E-state index contributed by atoms with van der Waals surface area (Å²) in [6.07, 6.45) is -4.47. The first-order chi connectivity index (χ1) is 14.7. The normalized spacial score (nSPS) is 11.3. The van der Waals surface area contributed by atoms with E-state index in [2.05, 4.69) is 25.3 Å². The van der Waals surface area contributed by atoms with E-state index in [0.29, 0.717) is 13.0 Å². The zero-order valence-electron chi connectivity index (χ0n) is 15.9. The predicted octanol–water partition coefficient (Wildman–Crippen LogP) is 4.86. The summed E-state index contributed by atoms with van der Waals surface area (Å²) in [4.78, 5) is 8.41. The lowest BCUT2D eigenvalue weighted by Crippen LogP contribution is -2.17. The fourth-order valence-corrected chi connectivity index (χ4v) is 2.61. The van der Waals surface area contributed by atoms with Crippen LogP contribution in [-0.4, -0.2) is 34.6 Å². The molecule has 0 aliphatic carbocycles. The van der Waals surface area contributed by atoms with Crippen LogP contribution in [0.4, 0.5) is 39.4 Å². The molecule has 0 fully saturated rings. The van der Waals surface area contributed by atoms with E-state index in [9.17, 15) is 22.0 Å². The highest BCUT2D eigenvalue weighted by Gasteiger charge is 2.31. The van der Waals surface area contributed by atoms with Crippen molar-refractivity contribution < 1.29 is 31.8 Å². The zero-order chi connectivity index (χ0) is 22.4. The van der Waals surface area contributed by atoms with Crippen LogP contribution in [0.5, 0.6) is 5.75 Å². The monoisotopic (exact) mass is 440 g/mol. The van der Waals surface area contributed by atoms with Crippen molar-refractivity contribution >= 4 is 17.5 Å². The molecule has 0 radical (unpaired) electrons. The molecule has 3 N–H and O–H groups in total. The summed E-state index contributed by atoms with van der Waals surface area (Å²) in [7, 11) is 0. The Morgan fingerprint density at radius 2 is 1.77 bits per heavy atom. The fraction of sp³-hybridized carbons (Fsp3) is 0.200. The summed E-state index contributed by atoms with van der Waals surface area (Å²) in [6, 6.07) is 10.1. The van der Waals surface area contributed by atoms with E-state index in [1.54, 1.807) is 0 Å². The lowest BCUT2D eigenvalue weighted by atomic mass is 10.1. The van der Waals surface area contributed by atoms with E-state index in [4.69, 9.17) is 5.11 Å². The Hall–Kier alpha value is -3.47. The number of nitrogens with one attached hydrogen (secondary N) is 2. The van der Waals surface area contributed by atoms with Crippen LogP contribution in [0.15, 0.2) is 48.5 Å². The predicted molar refractivity (Wildman–Crippen MR) is 104 cm³/mol. The second-order valence-electron chi connectivity index (χ2n) is 6.27. The Kier molecular flexibility index (Phi) is 6.85. The number of hydrogen-bond acceptors (Lipinski definition) is 6. The fourth-order valence-electron chi connectivity index (χ4n) is 2.61. The highest BCUT2D eigenvalue weighted by molar-refractivity contribution is 5.68. The molecule has 0 aliphatic rings. The van der Waals surface area contributed by atoms with Crippen molar-refractivity contribution in [1.29, 1.82) is 0 Å². The number of aromatic nitrogens is 2. The van der Waals surface area contributed by atoms with Crippen molar-refractivity contribution in [2.24, 2.45) is 0 Å². The Morgan fingerprint density at radius 3 is 2.52 bits per heavy atom. The lowest BCUT2D eigenvalue weighted by Gasteiger charge is -2.13. The van der Waals surface area contributed by atoms with Gasteiger partial charge in [-0.05, 0) is 30.7 Å². The van der Waals surface area contributed by atoms with Gasteiger partial charge < -0.3 is 20.5 Å². The average molecular weight is 440 g/mol. The van der Waals surface area contributed by atoms with Crippen molar-refractivity contribution in [3.05, 3.63) is 60.2 Å². The van der Waals surface area contributed by atoms with Crippen molar-refractivity contribution in [3.63, 3.8) is 0 Å². The molecule has 1 heterocycles. The van der Waals surface area contributed by atoms with Crippen LogP contribution in [0.3, 0.4) is 0 Å². The molecule has 3 aromatic rings. The molecule has 3 rings (SSSR count). The van der Waals surface area contributed by atoms with Gasteiger partial charge in [-0.2, -0.15) is 4.98 Å². The molecule has 2 aromatic carbocycles. The lowest BCUT2D eigenvalue weighted by molar-refractivity contribution is -0.274. The molecule has 0 saturated heterocycles. The first kappa shape index (κ1) is 22.2. The minimum Gasteiger partial charge on any atom is -0.406 e. The smallest absolute Gasteiger partial charge is 0.406 e. The van der Waals surface area contributed by atoms with Crippen LogP contribution in [0, 0.1) is 11.6 Å². The van der Waals surface area contributed by atoms with E-state index >= 15 is 0 Å². The number of aliphatic hydroxyl groups is 1. The zero-order valence-corrected chi connectivity index (χ0v) is 15.9. The third-order valence-corrected chi connectivity index (χ3v) is 3.92. The summed E-state index contributed by atoms with van der Waals surface area (Å²) >= 11 is 0. The number of benzene rings is 2. The third-order valence-electron chi connectivity index (χ3n) is 3.92. The number of halogens is 5.